The average Bonchev–Trinajstić information content (AvgIpc) is 3.50. The van der Waals surface area contributed by atoms with Crippen molar-refractivity contribution in [3.8, 4) is 39.5 Å². The number of aliphatic carboxylic acids is 1. The summed E-state index contributed by atoms with van der Waals surface area (Å²) >= 11 is 14.2. The predicted octanol–water partition coefficient (Wildman–Crippen LogP) is 6.23. The lowest BCUT2D eigenvalue weighted by atomic mass is 9.98. The third-order valence-electron chi connectivity index (χ3n) is 9.10. The molecule has 3 N–H and O–H groups in total. The van der Waals surface area contributed by atoms with Crippen LogP contribution in [0.1, 0.15) is 24.0 Å². The van der Waals surface area contributed by atoms with E-state index in [4.69, 9.17) is 43.0 Å². The Kier molecular flexibility index (Phi) is 9.46. The van der Waals surface area contributed by atoms with Gasteiger partial charge in [-0.3, -0.25) is 24.5 Å². The number of nitrogens with one attached hydrogen (secondary N) is 2. The number of carbonyl (C=O) groups excluding carboxylic acids is 1. The number of hydrogen-bond acceptors (Lipinski definition) is 8. The summed E-state index contributed by atoms with van der Waals surface area (Å²) in [5.74, 6) is -0.450. The maximum absolute atomic E-state index is 11.5. The van der Waals surface area contributed by atoms with Crippen molar-refractivity contribution in [1.82, 2.24) is 30.5 Å². The maximum atomic E-state index is 11.5. The molecule has 250 valence electrons. The average molecular weight is 698 g/mol. The lowest BCUT2D eigenvalue weighted by molar-refractivity contribution is -0.147. The number of hydrogen-bond donors (Lipinski definition) is 3. The Labute approximate surface area is 293 Å². The maximum Gasteiger partial charge on any atom is 0.309 e. The molecule has 5 heterocycles. The van der Waals surface area contributed by atoms with E-state index >= 15 is 0 Å². The molecular weight excluding hydrogens is 663 g/mol. The Bertz CT molecular complexity index is 2070. The van der Waals surface area contributed by atoms with Crippen LogP contribution in [-0.4, -0.2) is 69.6 Å². The molecule has 0 bridgehead atoms. The summed E-state index contributed by atoms with van der Waals surface area (Å²) in [5, 5.41) is 17.4. The lowest BCUT2D eigenvalue weighted by Gasteiger charge is -2.36. The summed E-state index contributed by atoms with van der Waals surface area (Å²) in [7, 11) is 1.59. The zero-order valence-corrected chi connectivity index (χ0v) is 28.3. The van der Waals surface area contributed by atoms with Crippen molar-refractivity contribution in [2.75, 3.05) is 26.7 Å². The number of fused-ring (bicyclic) bond motifs is 1. The van der Waals surface area contributed by atoms with E-state index in [-0.39, 0.29) is 17.9 Å². The normalized spacial score (nSPS) is 16.5. The van der Waals surface area contributed by atoms with Crippen molar-refractivity contribution < 1.29 is 19.4 Å². The van der Waals surface area contributed by atoms with Gasteiger partial charge in [-0.1, -0.05) is 65.7 Å². The molecule has 0 aliphatic carbocycles. The summed E-state index contributed by atoms with van der Waals surface area (Å²) in [6.07, 6.45) is 5.02. The highest BCUT2D eigenvalue weighted by Gasteiger charge is 2.32. The van der Waals surface area contributed by atoms with Crippen molar-refractivity contribution in [2.45, 2.75) is 32.0 Å². The third-order valence-corrected chi connectivity index (χ3v) is 9.91. The zero-order chi connectivity index (χ0) is 34.1. The fourth-order valence-electron chi connectivity index (χ4n) is 6.43. The van der Waals surface area contributed by atoms with Crippen molar-refractivity contribution in [1.29, 1.82) is 0 Å². The predicted molar refractivity (Wildman–Crippen MR) is 189 cm³/mol. The zero-order valence-electron chi connectivity index (χ0n) is 26.7. The van der Waals surface area contributed by atoms with E-state index in [2.05, 4.69) is 20.5 Å². The number of halogens is 2. The summed E-state index contributed by atoms with van der Waals surface area (Å²) in [4.78, 5) is 38.9. The van der Waals surface area contributed by atoms with E-state index in [1.165, 1.54) is 0 Å². The molecule has 0 unspecified atom stereocenters. The van der Waals surface area contributed by atoms with Gasteiger partial charge < -0.3 is 20.5 Å². The molecule has 2 aromatic carbocycles. The molecule has 2 aliphatic heterocycles. The van der Waals surface area contributed by atoms with E-state index in [0.29, 0.717) is 66.5 Å². The first kappa shape index (κ1) is 32.9. The molecule has 2 saturated heterocycles. The van der Waals surface area contributed by atoms with Crippen LogP contribution in [0.15, 0.2) is 73.1 Å². The number of aromatic nitrogens is 3. The van der Waals surface area contributed by atoms with Crippen LogP contribution >= 0.6 is 23.2 Å². The van der Waals surface area contributed by atoms with E-state index in [1.54, 1.807) is 13.3 Å². The number of carbonyl (C=O) groups is 2. The number of carboxylic acid groups (broad SMARTS) is 1. The van der Waals surface area contributed by atoms with E-state index in [0.717, 1.165) is 50.7 Å². The van der Waals surface area contributed by atoms with Crippen LogP contribution in [0.4, 0.5) is 0 Å². The van der Waals surface area contributed by atoms with Crippen LogP contribution in [0.2, 0.25) is 10.0 Å². The first-order chi connectivity index (χ1) is 23.8. The second kappa shape index (κ2) is 14.1. The van der Waals surface area contributed by atoms with Crippen LogP contribution in [0.3, 0.4) is 0 Å². The van der Waals surface area contributed by atoms with Crippen LogP contribution in [0, 0.1) is 5.92 Å². The van der Waals surface area contributed by atoms with Gasteiger partial charge in [0.1, 0.15) is 0 Å². The summed E-state index contributed by atoms with van der Waals surface area (Å²) < 4.78 is 5.64. The summed E-state index contributed by atoms with van der Waals surface area (Å²) in [6, 6.07) is 19.6. The highest BCUT2D eigenvalue weighted by Crippen LogP contribution is 2.42. The number of methoxy groups -OCH3 is 1. The number of ether oxygens (including phenoxy) is 1. The Balaban J connectivity index is 1.11. The molecule has 0 radical (unpaired) electrons. The number of nitrogens with zero attached hydrogens (tertiary/aromatic N) is 4. The SMILES string of the molecule is COc1nc(-c2cccc(-c3cccc(-c4cc5ncc(CN6CC(C(=O)O)C6)cc5cn4)c3Cl)c2Cl)ccc1CNC[C@H]1CCC(=O)N1. The number of benzene rings is 2. The Morgan fingerprint density at radius 3 is 2.37 bits per heavy atom. The Hall–Kier alpha value is -4.61. The standard InChI is InChI=1S/C37H34Cl2N6O4/c1-49-36-22(15-40-17-25-9-11-33(46)43-25)8-10-30(44-36)28-6-2-4-26(34(28)38)27-5-3-7-29(35(27)39)32-13-31-23(16-42-32)12-21(14-41-31)18-45-19-24(20-45)37(47)48/h2-8,10,12-14,16,24-25,40H,9,11,15,17-20H2,1H3,(H,43,46)(H,47,48)/t25-/m1/s1. The monoisotopic (exact) mass is 696 g/mol. The molecule has 2 aliphatic rings. The van der Waals surface area contributed by atoms with E-state index in [9.17, 15) is 9.59 Å². The van der Waals surface area contributed by atoms with Crippen molar-refractivity contribution >= 4 is 46.0 Å². The van der Waals surface area contributed by atoms with Crippen LogP contribution in [0.5, 0.6) is 5.88 Å². The summed E-state index contributed by atoms with van der Waals surface area (Å²) in [5.41, 5.74) is 7.06. The minimum atomic E-state index is -0.747. The van der Waals surface area contributed by atoms with Gasteiger partial charge in [0.25, 0.3) is 0 Å². The van der Waals surface area contributed by atoms with Gasteiger partial charge in [0, 0.05) is 90.8 Å². The van der Waals surface area contributed by atoms with Gasteiger partial charge in [-0.15, -0.1) is 0 Å². The van der Waals surface area contributed by atoms with Gasteiger partial charge in [0.15, 0.2) is 0 Å². The van der Waals surface area contributed by atoms with Crippen LogP contribution in [-0.2, 0) is 22.7 Å². The number of likely N-dealkylation sites (tertiary alicyclic amines) is 1. The lowest BCUT2D eigenvalue weighted by Crippen LogP contribution is -2.49. The molecule has 0 spiro atoms. The van der Waals surface area contributed by atoms with E-state index < -0.39 is 5.97 Å². The highest BCUT2D eigenvalue weighted by molar-refractivity contribution is 6.39. The molecule has 5 aromatic rings. The quantitative estimate of drug-likeness (QED) is 0.147. The van der Waals surface area contributed by atoms with Crippen molar-refractivity contribution in [3.63, 3.8) is 0 Å². The molecule has 7 rings (SSSR count). The number of amides is 1. The van der Waals surface area contributed by atoms with Gasteiger partial charge in [0.2, 0.25) is 11.8 Å². The first-order valence-electron chi connectivity index (χ1n) is 16.1. The topological polar surface area (TPSA) is 130 Å². The van der Waals surface area contributed by atoms with Gasteiger partial charge in [0.05, 0.1) is 40.0 Å². The number of carboxylic acids is 1. The molecular formula is C37H34Cl2N6O4. The second-order valence-electron chi connectivity index (χ2n) is 12.5. The largest absolute Gasteiger partial charge is 0.481 e. The fraction of sp³-hybridized carbons (Fsp3) is 0.270. The van der Waals surface area contributed by atoms with Crippen molar-refractivity contribution in [2.24, 2.45) is 5.92 Å². The highest BCUT2D eigenvalue weighted by atomic mass is 35.5. The third kappa shape index (κ3) is 6.95. The van der Waals surface area contributed by atoms with Gasteiger partial charge >= 0.3 is 5.97 Å². The smallest absolute Gasteiger partial charge is 0.309 e. The fourth-order valence-corrected chi connectivity index (χ4v) is 7.08. The van der Waals surface area contributed by atoms with E-state index in [1.807, 2.05) is 66.9 Å². The molecule has 3 aromatic heterocycles. The number of pyridine rings is 3. The molecule has 49 heavy (non-hydrogen) atoms. The minimum absolute atomic E-state index is 0.0958. The van der Waals surface area contributed by atoms with Gasteiger partial charge in [-0.25, -0.2) is 4.98 Å². The second-order valence-corrected chi connectivity index (χ2v) is 13.2. The molecule has 1 amide bonds. The Morgan fingerprint density at radius 1 is 0.980 bits per heavy atom. The summed E-state index contributed by atoms with van der Waals surface area (Å²) in [6.45, 7) is 2.96. The first-order valence-corrected chi connectivity index (χ1v) is 16.8. The van der Waals surface area contributed by atoms with Gasteiger partial charge in [-0.2, -0.15) is 0 Å². The molecule has 10 nitrogen and oxygen atoms in total. The molecule has 1 atom stereocenters. The van der Waals surface area contributed by atoms with Crippen molar-refractivity contribution in [3.05, 3.63) is 94.2 Å². The van der Waals surface area contributed by atoms with Gasteiger partial charge in [-0.05, 0) is 30.2 Å². The number of rotatable bonds is 11. The Morgan fingerprint density at radius 2 is 1.69 bits per heavy atom. The minimum Gasteiger partial charge on any atom is -0.481 e. The van der Waals surface area contributed by atoms with Crippen LogP contribution < -0.4 is 15.4 Å². The molecule has 2 fully saturated rings. The van der Waals surface area contributed by atoms with Crippen LogP contribution in [0.25, 0.3) is 44.5 Å². The molecule has 12 heteroatoms. The molecule has 0 saturated carbocycles.